The number of carboxylic acids is 1. The van der Waals surface area contributed by atoms with E-state index < -0.39 is 12.1 Å². The third-order valence-electron chi connectivity index (χ3n) is 2.07. The summed E-state index contributed by atoms with van der Waals surface area (Å²) in [6, 6.07) is 4.87. The number of aromatic carboxylic acids is 1. The highest BCUT2D eigenvalue weighted by molar-refractivity contribution is 5.99. The molecule has 5 heteroatoms. The Morgan fingerprint density at radius 2 is 2.00 bits per heavy atom. The smallest absolute Gasteiger partial charge is 0.411 e. The number of aryl methyl sites for hydroxylation is 1. The van der Waals surface area contributed by atoms with Crippen molar-refractivity contribution in [3.63, 3.8) is 0 Å². The Kier molecular flexibility index (Phi) is 4.09. The van der Waals surface area contributed by atoms with E-state index in [4.69, 9.17) is 9.84 Å². The second kappa shape index (κ2) is 5.34. The third-order valence-corrected chi connectivity index (χ3v) is 2.07. The Hall–Kier alpha value is -2.04. The van der Waals surface area contributed by atoms with E-state index in [-0.39, 0.29) is 17.4 Å². The Morgan fingerprint density at radius 3 is 2.53 bits per heavy atom. The summed E-state index contributed by atoms with van der Waals surface area (Å²) in [5.41, 5.74) is 0.899. The van der Waals surface area contributed by atoms with Gasteiger partial charge in [-0.25, -0.2) is 9.59 Å². The number of benzene rings is 1. The molecule has 0 atom stereocenters. The summed E-state index contributed by atoms with van der Waals surface area (Å²) in [5.74, 6) is -1.08. The summed E-state index contributed by atoms with van der Waals surface area (Å²) in [6.45, 7) is 5.10. The van der Waals surface area contributed by atoms with Crippen LogP contribution in [0.1, 0.15) is 29.8 Å². The van der Waals surface area contributed by atoms with Gasteiger partial charge >= 0.3 is 12.1 Å². The van der Waals surface area contributed by atoms with E-state index in [2.05, 4.69) is 5.32 Å². The fourth-order valence-electron chi connectivity index (χ4n) is 1.41. The Balaban J connectivity index is 2.95. The zero-order valence-corrected chi connectivity index (χ0v) is 9.98. The molecule has 5 nitrogen and oxygen atoms in total. The fourth-order valence-corrected chi connectivity index (χ4v) is 1.41. The first kappa shape index (κ1) is 13.0. The van der Waals surface area contributed by atoms with Gasteiger partial charge in [0.1, 0.15) is 0 Å². The van der Waals surface area contributed by atoms with Crippen LogP contribution in [0.3, 0.4) is 0 Å². The number of carbonyl (C=O) groups excluding carboxylic acids is 1. The van der Waals surface area contributed by atoms with Gasteiger partial charge in [-0.15, -0.1) is 0 Å². The van der Waals surface area contributed by atoms with Gasteiger partial charge in [-0.2, -0.15) is 0 Å². The first-order valence-electron chi connectivity index (χ1n) is 5.22. The van der Waals surface area contributed by atoms with Crippen molar-refractivity contribution in [1.82, 2.24) is 0 Å². The predicted octanol–water partition coefficient (Wildman–Crippen LogP) is 2.65. The molecule has 0 saturated heterocycles. The highest BCUT2D eigenvalue weighted by Gasteiger charge is 2.15. The molecule has 0 fully saturated rings. The molecule has 0 saturated carbocycles. The Labute approximate surface area is 99.4 Å². The van der Waals surface area contributed by atoms with Crippen molar-refractivity contribution in [3.8, 4) is 0 Å². The maximum absolute atomic E-state index is 11.4. The first-order valence-corrected chi connectivity index (χ1v) is 5.22. The number of ether oxygens (including phenoxy) is 1. The minimum absolute atomic E-state index is 0.0770. The lowest BCUT2D eigenvalue weighted by Gasteiger charge is -2.12. The van der Waals surface area contributed by atoms with Crippen LogP contribution in [-0.2, 0) is 4.74 Å². The molecule has 0 aliphatic rings. The molecular weight excluding hydrogens is 222 g/mol. The van der Waals surface area contributed by atoms with Gasteiger partial charge in [0.05, 0.1) is 17.4 Å². The standard InChI is InChI=1S/C12H15NO4/c1-7(2)17-12(16)13-9-6-4-5-8(3)10(9)11(14)15/h4-7H,1-3H3,(H,13,16)(H,14,15). The number of anilines is 1. The second-order valence-electron chi connectivity index (χ2n) is 3.88. The highest BCUT2D eigenvalue weighted by Crippen LogP contribution is 2.19. The predicted molar refractivity (Wildman–Crippen MR) is 63.4 cm³/mol. The van der Waals surface area contributed by atoms with Gasteiger partial charge in [0.25, 0.3) is 0 Å². The van der Waals surface area contributed by atoms with Crippen LogP contribution in [0, 0.1) is 6.92 Å². The van der Waals surface area contributed by atoms with E-state index in [1.54, 1.807) is 32.9 Å². The maximum atomic E-state index is 11.4. The largest absolute Gasteiger partial charge is 0.478 e. The monoisotopic (exact) mass is 237 g/mol. The van der Waals surface area contributed by atoms with Crippen molar-refractivity contribution in [2.75, 3.05) is 5.32 Å². The topological polar surface area (TPSA) is 75.6 Å². The number of hydrogen-bond acceptors (Lipinski definition) is 3. The van der Waals surface area contributed by atoms with Gasteiger partial charge in [-0.1, -0.05) is 12.1 Å². The summed E-state index contributed by atoms with van der Waals surface area (Å²) < 4.78 is 4.89. The normalized spacial score (nSPS) is 10.1. The fraction of sp³-hybridized carbons (Fsp3) is 0.333. The lowest BCUT2D eigenvalue weighted by molar-refractivity contribution is 0.0697. The molecule has 0 heterocycles. The molecule has 0 aromatic heterocycles. The zero-order chi connectivity index (χ0) is 13.0. The molecule has 0 aliphatic carbocycles. The Bertz CT molecular complexity index is 440. The van der Waals surface area contributed by atoms with Crippen molar-refractivity contribution < 1.29 is 19.4 Å². The number of amides is 1. The summed E-state index contributed by atoms with van der Waals surface area (Å²) in [7, 11) is 0. The molecular formula is C12H15NO4. The van der Waals surface area contributed by atoms with Crippen molar-refractivity contribution in [3.05, 3.63) is 29.3 Å². The van der Waals surface area contributed by atoms with Crippen LogP contribution >= 0.6 is 0 Å². The number of rotatable bonds is 3. The number of hydrogen-bond donors (Lipinski definition) is 2. The van der Waals surface area contributed by atoms with Gasteiger partial charge in [0.2, 0.25) is 0 Å². The molecule has 0 aliphatic heterocycles. The zero-order valence-electron chi connectivity index (χ0n) is 9.98. The third kappa shape index (κ3) is 3.48. The van der Waals surface area contributed by atoms with E-state index in [9.17, 15) is 9.59 Å². The molecule has 17 heavy (non-hydrogen) atoms. The van der Waals surface area contributed by atoms with Gasteiger partial charge in [-0.3, -0.25) is 5.32 Å². The van der Waals surface area contributed by atoms with Gasteiger partial charge in [0.15, 0.2) is 0 Å². The van der Waals surface area contributed by atoms with Crippen LogP contribution in [0.25, 0.3) is 0 Å². The molecule has 0 spiro atoms. The van der Waals surface area contributed by atoms with Crippen LogP contribution in [0.5, 0.6) is 0 Å². The summed E-state index contributed by atoms with van der Waals surface area (Å²) in [4.78, 5) is 22.4. The summed E-state index contributed by atoms with van der Waals surface area (Å²) in [5, 5.41) is 11.5. The average molecular weight is 237 g/mol. The molecule has 1 aromatic carbocycles. The van der Waals surface area contributed by atoms with Crippen LogP contribution in [-0.4, -0.2) is 23.3 Å². The van der Waals surface area contributed by atoms with Crippen LogP contribution in [0.4, 0.5) is 10.5 Å². The molecule has 1 aromatic rings. The van der Waals surface area contributed by atoms with Crippen LogP contribution in [0.2, 0.25) is 0 Å². The lowest BCUT2D eigenvalue weighted by Crippen LogP contribution is -2.19. The maximum Gasteiger partial charge on any atom is 0.411 e. The van der Waals surface area contributed by atoms with Crippen molar-refractivity contribution >= 4 is 17.7 Å². The number of carboxylic acid groups (broad SMARTS) is 1. The quantitative estimate of drug-likeness (QED) is 0.847. The van der Waals surface area contributed by atoms with Crippen molar-refractivity contribution in [1.29, 1.82) is 0 Å². The SMILES string of the molecule is Cc1cccc(NC(=O)OC(C)C)c1C(=O)O. The second-order valence-corrected chi connectivity index (χ2v) is 3.88. The minimum Gasteiger partial charge on any atom is -0.478 e. The van der Waals surface area contributed by atoms with Gasteiger partial charge in [-0.05, 0) is 32.4 Å². The molecule has 92 valence electrons. The Morgan fingerprint density at radius 1 is 1.35 bits per heavy atom. The van der Waals surface area contributed by atoms with E-state index in [1.165, 1.54) is 6.07 Å². The van der Waals surface area contributed by atoms with Crippen LogP contribution in [0.15, 0.2) is 18.2 Å². The van der Waals surface area contributed by atoms with E-state index in [1.807, 2.05) is 0 Å². The van der Waals surface area contributed by atoms with Gasteiger partial charge < -0.3 is 9.84 Å². The van der Waals surface area contributed by atoms with E-state index in [0.717, 1.165) is 0 Å². The molecule has 0 radical (unpaired) electrons. The number of nitrogens with one attached hydrogen (secondary N) is 1. The average Bonchev–Trinajstić information content (AvgIpc) is 2.15. The van der Waals surface area contributed by atoms with Crippen molar-refractivity contribution in [2.24, 2.45) is 0 Å². The first-order chi connectivity index (χ1) is 7.91. The molecule has 0 bridgehead atoms. The van der Waals surface area contributed by atoms with E-state index in [0.29, 0.717) is 5.56 Å². The molecule has 2 N–H and O–H groups in total. The number of carbonyl (C=O) groups is 2. The van der Waals surface area contributed by atoms with Crippen LogP contribution < -0.4 is 5.32 Å². The van der Waals surface area contributed by atoms with Crippen molar-refractivity contribution in [2.45, 2.75) is 26.9 Å². The highest BCUT2D eigenvalue weighted by atomic mass is 16.6. The molecule has 1 rings (SSSR count). The lowest BCUT2D eigenvalue weighted by atomic mass is 10.1. The summed E-state index contributed by atoms with van der Waals surface area (Å²) in [6.07, 6.45) is -0.916. The van der Waals surface area contributed by atoms with Gasteiger partial charge in [0, 0.05) is 0 Å². The summed E-state index contributed by atoms with van der Waals surface area (Å²) >= 11 is 0. The minimum atomic E-state index is -1.08. The molecule has 0 unspecified atom stereocenters. The van der Waals surface area contributed by atoms with E-state index >= 15 is 0 Å². The molecule has 1 amide bonds.